The van der Waals surface area contributed by atoms with Gasteiger partial charge in [0.2, 0.25) is 0 Å². The first-order chi connectivity index (χ1) is 9.58. The van der Waals surface area contributed by atoms with Gasteiger partial charge in [-0.15, -0.1) is 11.3 Å². The zero-order valence-electron chi connectivity index (χ0n) is 10.7. The van der Waals surface area contributed by atoms with Gasteiger partial charge < -0.3 is 10.1 Å². The van der Waals surface area contributed by atoms with Crippen molar-refractivity contribution in [2.24, 2.45) is 0 Å². The maximum absolute atomic E-state index is 13.0. The number of carbonyl (C=O) groups is 1. The molecule has 20 heavy (non-hydrogen) atoms. The Morgan fingerprint density at radius 1 is 1.55 bits per heavy atom. The summed E-state index contributed by atoms with van der Waals surface area (Å²) < 4.78 is 17.6. The summed E-state index contributed by atoms with van der Waals surface area (Å²) in [7, 11) is 1.34. The number of ether oxygens (including phenoxy) is 1. The van der Waals surface area contributed by atoms with Crippen molar-refractivity contribution in [3.8, 4) is 0 Å². The van der Waals surface area contributed by atoms with Crippen LogP contribution in [0.4, 0.5) is 9.52 Å². The van der Waals surface area contributed by atoms with Crippen LogP contribution in [0.3, 0.4) is 0 Å². The van der Waals surface area contributed by atoms with Gasteiger partial charge in [-0.25, -0.2) is 9.37 Å². The zero-order chi connectivity index (χ0) is 14.5. The summed E-state index contributed by atoms with van der Waals surface area (Å²) in [6, 6.07) is 4.54. The number of thiazole rings is 1. The third-order valence-corrected chi connectivity index (χ3v) is 3.67. The van der Waals surface area contributed by atoms with Crippen LogP contribution in [0.5, 0.6) is 0 Å². The number of esters is 1. The van der Waals surface area contributed by atoms with E-state index in [0.717, 1.165) is 5.56 Å². The molecular weight excluding hydrogens is 303 g/mol. The molecule has 2 rings (SSSR count). The fourth-order valence-corrected chi connectivity index (χ4v) is 2.43. The standard InChI is InChI=1S/C13H12ClFN2O2S/c1-19-12(18)5-9-7-20-13(17-9)16-6-8-2-3-11(15)10(14)4-8/h2-4,7H,5-6H2,1H3,(H,16,17). The van der Waals surface area contributed by atoms with E-state index in [1.807, 2.05) is 0 Å². The molecule has 7 heteroatoms. The molecule has 1 N–H and O–H groups in total. The molecule has 0 aliphatic rings. The van der Waals surface area contributed by atoms with Crippen LogP contribution in [0.25, 0.3) is 0 Å². The lowest BCUT2D eigenvalue weighted by Gasteiger charge is -2.03. The van der Waals surface area contributed by atoms with Crippen molar-refractivity contribution in [2.45, 2.75) is 13.0 Å². The molecule has 0 radical (unpaired) electrons. The Labute approximate surface area is 124 Å². The van der Waals surface area contributed by atoms with Gasteiger partial charge in [0.25, 0.3) is 0 Å². The van der Waals surface area contributed by atoms with Crippen LogP contribution in [0.1, 0.15) is 11.3 Å². The molecule has 0 aliphatic heterocycles. The van der Waals surface area contributed by atoms with Crippen LogP contribution < -0.4 is 5.32 Å². The van der Waals surface area contributed by atoms with Crippen LogP contribution in [0, 0.1) is 5.82 Å². The molecule has 0 amide bonds. The average Bonchev–Trinajstić information content (AvgIpc) is 2.87. The van der Waals surface area contributed by atoms with Crippen molar-refractivity contribution in [2.75, 3.05) is 12.4 Å². The second-order valence-corrected chi connectivity index (χ2v) is 5.26. The van der Waals surface area contributed by atoms with E-state index < -0.39 is 5.82 Å². The first-order valence-electron chi connectivity index (χ1n) is 5.77. The number of methoxy groups -OCH3 is 1. The molecule has 0 aliphatic carbocycles. The number of anilines is 1. The number of hydrogen-bond donors (Lipinski definition) is 1. The quantitative estimate of drug-likeness (QED) is 0.861. The fraction of sp³-hybridized carbons (Fsp3) is 0.231. The first kappa shape index (κ1) is 14.7. The van der Waals surface area contributed by atoms with Crippen LogP contribution in [0.2, 0.25) is 5.02 Å². The van der Waals surface area contributed by atoms with E-state index in [9.17, 15) is 9.18 Å². The largest absolute Gasteiger partial charge is 0.469 e. The molecule has 1 heterocycles. The minimum atomic E-state index is -0.440. The fourth-order valence-electron chi connectivity index (χ4n) is 1.52. The maximum atomic E-state index is 13.0. The van der Waals surface area contributed by atoms with Crippen LogP contribution in [-0.4, -0.2) is 18.1 Å². The van der Waals surface area contributed by atoms with Crippen molar-refractivity contribution in [3.05, 3.63) is 45.7 Å². The van der Waals surface area contributed by atoms with Gasteiger partial charge in [-0.1, -0.05) is 17.7 Å². The summed E-state index contributed by atoms with van der Waals surface area (Å²) in [5.41, 5.74) is 1.50. The van der Waals surface area contributed by atoms with E-state index in [1.54, 1.807) is 17.5 Å². The molecule has 1 aromatic heterocycles. The molecule has 1 aromatic carbocycles. The number of nitrogens with zero attached hydrogens (tertiary/aromatic N) is 1. The number of hydrogen-bond acceptors (Lipinski definition) is 5. The summed E-state index contributed by atoms with van der Waals surface area (Å²) in [5.74, 6) is -0.766. The van der Waals surface area contributed by atoms with Crippen molar-refractivity contribution in [1.82, 2.24) is 4.98 Å². The molecule has 2 aromatic rings. The van der Waals surface area contributed by atoms with E-state index in [4.69, 9.17) is 11.6 Å². The Morgan fingerprint density at radius 2 is 2.35 bits per heavy atom. The highest BCUT2D eigenvalue weighted by Gasteiger charge is 2.08. The highest BCUT2D eigenvalue weighted by Crippen LogP contribution is 2.19. The number of rotatable bonds is 5. The van der Waals surface area contributed by atoms with Crippen molar-refractivity contribution in [1.29, 1.82) is 0 Å². The summed E-state index contributed by atoms with van der Waals surface area (Å²) in [5, 5.41) is 5.66. The topological polar surface area (TPSA) is 51.2 Å². The summed E-state index contributed by atoms with van der Waals surface area (Å²) in [6.45, 7) is 0.477. The van der Waals surface area contributed by atoms with Gasteiger partial charge in [0.15, 0.2) is 5.13 Å². The predicted octanol–water partition coefficient (Wildman–Crippen LogP) is 3.26. The lowest BCUT2D eigenvalue weighted by molar-refractivity contribution is -0.139. The van der Waals surface area contributed by atoms with Crippen molar-refractivity contribution < 1.29 is 13.9 Å². The number of aromatic nitrogens is 1. The van der Waals surface area contributed by atoms with Crippen LogP contribution in [-0.2, 0) is 22.5 Å². The van der Waals surface area contributed by atoms with Crippen LogP contribution in [0.15, 0.2) is 23.6 Å². The second-order valence-electron chi connectivity index (χ2n) is 4.00. The molecule has 0 saturated heterocycles. The summed E-state index contributed by atoms with van der Waals surface area (Å²) in [6.07, 6.45) is 0.150. The van der Waals surface area contributed by atoms with Gasteiger partial charge in [0.1, 0.15) is 5.82 Å². The zero-order valence-corrected chi connectivity index (χ0v) is 12.2. The number of nitrogens with one attached hydrogen (secondary N) is 1. The third kappa shape index (κ3) is 3.91. The smallest absolute Gasteiger partial charge is 0.311 e. The molecule has 0 spiro atoms. The number of benzene rings is 1. The predicted molar refractivity (Wildman–Crippen MR) is 76.6 cm³/mol. The highest BCUT2D eigenvalue weighted by molar-refractivity contribution is 7.13. The van der Waals surface area contributed by atoms with Gasteiger partial charge in [-0.05, 0) is 17.7 Å². The molecular formula is C13H12ClFN2O2S. The van der Waals surface area contributed by atoms with Crippen molar-refractivity contribution >= 4 is 34.0 Å². The lowest BCUT2D eigenvalue weighted by Crippen LogP contribution is -2.05. The SMILES string of the molecule is COC(=O)Cc1csc(NCc2ccc(F)c(Cl)c2)n1. The molecule has 0 atom stereocenters. The van der Waals surface area contributed by atoms with Crippen LogP contribution >= 0.6 is 22.9 Å². The average molecular weight is 315 g/mol. The number of halogens is 2. The summed E-state index contributed by atoms with van der Waals surface area (Å²) in [4.78, 5) is 15.4. The molecule has 106 valence electrons. The minimum absolute atomic E-state index is 0.0924. The Morgan fingerprint density at radius 3 is 3.05 bits per heavy atom. The molecule has 0 saturated carbocycles. The van der Waals surface area contributed by atoms with Gasteiger partial charge in [0.05, 0.1) is 24.2 Å². The van der Waals surface area contributed by atoms with Gasteiger partial charge >= 0.3 is 5.97 Å². The summed E-state index contributed by atoms with van der Waals surface area (Å²) >= 11 is 7.10. The Kier molecular flexibility index (Phi) is 4.92. The van der Waals surface area contributed by atoms with E-state index >= 15 is 0 Å². The Hall–Kier alpha value is -1.66. The van der Waals surface area contributed by atoms with Gasteiger partial charge in [-0.3, -0.25) is 4.79 Å². The molecule has 0 unspecified atom stereocenters. The molecule has 4 nitrogen and oxygen atoms in total. The lowest BCUT2D eigenvalue weighted by atomic mass is 10.2. The normalized spacial score (nSPS) is 10.3. The second kappa shape index (κ2) is 6.67. The molecule has 0 fully saturated rings. The number of carbonyl (C=O) groups excluding carboxylic acids is 1. The highest BCUT2D eigenvalue weighted by atomic mass is 35.5. The van der Waals surface area contributed by atoms with Gasteiger partial charge in [0, 0.05) is 11.9 Å². The Bertz CT molecular complexity index is 618. The Balaban J connectivity index is 1.93. The van der Waals surface area contributed by atoms with Crippen molar-refractivity contribution in [3.63, 3.8) is 0 Å². The first-order valence-corrected chi connectivity index (χ1v) is 7.03. The third-order valence-electron chi connectivity index (χ3n) is 2.53. The molecule has 0 bridgehead atoms. The van der Waals surface area contributed by atoms with E-state index in [0.29, 0.717) is 17.4 Å². The van der Waals surface area contributed by atoms with E-state index in [-0.39, 0.29) is 17.4 Å². The van der Waals surface area contributed by atoms with E-state index in [2.05, 4.69) is 15.0 Å². The van der Waals surface area contributed by atoms with E-state index in [1.165, 1.54) is 24.5 Å². The monoisotopic (exact) mass is 314 g/mol. The minimum Gasteiger partial charge on any atom is -0.469 e. The maximum Gasteiger partial charge on any atom is 0.311 e. The van der Waals surface area contributed by atoms with Gasteiger partial charge in [-0.2, -0.15) is 0 Å².